The van der Waals surface area contributed by atoms with Crippen molar-refractivity contribution in [2.75, 3.05) is 0 Å². The Labute approximate surface area is 166 Å². The van der Waals surface area contributed by atoms with Crippen LogP contribution in [0.1, 0.15) is 110 Å². The average Bonchev–Trinajstić information content (AvgIpc) is 2.43. The van der Waals surface area contributed by atoms with Crippen LogP contribution < -0.4 is 0 Å². The van der Waals surface area contributed by atoms with Gasteiger partial charge >= 0.3 is 47.9 Å². The largest absolute Gasteiger partial charge is 0.316 e. The zero-order chi connectivity index (χ0) is 14.9. The summed E-state index contributed by atoms with van der Waals surface area (Å²) in [7, 11) is 0. The molecule has 0 spiro atoms. The molecule has 126 valence electrons. The third-order valence-electron chi connectivity index (χ3n) is 3.99. The van der Waals surface area contributed by atoms with Crippen molar-refractivity contribution in [2.24, 2.45) is 0 Å². The molecule has 0 rings (SSSR count). The van der Waals surface area contributed by atoms with Crippen molar-refractivity contribution in [3.8, 4) is 0 Å². The number of hydrogen-bond acceptors (Lipinski definition) is 1. The maximum absolute atomic E-state index is 10.3. The first-order chi connectivity index (χ1) is 9.77. The molecule has 0 fully saturated rings. The van der Waals surface area contributed by atoms with Gasteiger partial charge in [0.2, 0.25) is 0 Å². The predicted molar refractivity (Wildman–Crippen MR) is 103 cm³/mol. The van der Waals surface area contributed by atoms with Gasteiger partial charge in [-0.3, -0.25) is 4.79 Å². The molecule has 0 saturated carbocycles. The maximum atomic E-state index is 10.3. The molecular formula is C18H39LiMgO2. The average molecular weight is 319 g/mol. The summed E-state index contributed by atoms with van der Waals surface area (Å²) in [5.74, 6) is -0.653. The molecule has 0 aromatic heterocycles. The molecule has 0 aliphatic rings. The summed E-state index contributed by atoms with van der Waals surface area (Å²) in [6, 6.07) is 0. The Bertz CT molecular complexity index is 213. The van der Waals surface area contributed by atoms with E-state index in [9.17, 15) is 4.79 Å². The van der Waals surface area contributed by atoms with E-state index in [1.165, 1.54) is 83.5 Å². The van der Waals surface area contributed by atoms with E-state index in [1.54, 1.807) is 0 Å². The Morgan fingerprint density at radius 1 is 0.636 bits per heavy atom. The van der Waals surface area contributed by atoms with Crippen LogP contribution in [0.5, 0.6) is 0 Å². The van der Waals surface area contributed by atoms with Crippen LogP contribution in [0, 0.1) is 0 Å². The van der Waals surface area contributed by atoms with E-state index in [0.29, 0.717) is 6.42 Å². The molecule has 4 heteroatoms. The van der Waals surface area contributed by atoms with Crippen LogP contribution in [0.2, 0.25) is 0 Å². The first-order valence-electron chi connectivity index (χ1n) is 8.99. The number of aliphatic carboxylic acids is 1. The molecule has 2 nitrogen and oxygen atoms in total. The number of rotatable bonds is 16. The second-order valence-corrected chi connectivity index (χ2v) is 6.09. The fourth-order valence-corrected chi connectivity index (χ4v) is 2.65. The number of carboxylic acids is 1. The third kappa shape index (κ3) is 25.8. The maximum Gasteiger partial charge on any atom is 0.316 e. The van der Waals surface area contributed by atoms with Gasteiger partial charge < -0.3 is 5.11 Å². The number of unbranched alkanes of at least 4 members (excludes halogenated alkanes) is 14. The van der Waals surface area contributed by atoms with Crippen molar-refractivity contribution >= 4 is 47.9 Å². The molecule has 0 heterocycles. The smallest absolute Gasteiger partial charge is 0.316 e. The Kier molecular flexibility index (Phi) is 30.3. The van der Waals surface area contributed by atoms with Gasteiger partial charge in [-0.05, 0) is 6.42 Å². The van der Waals surface area contributed by atoms with Crippen LogP contribution in [0.3, 0.4) is 0 Å². The third-order valence-corrected chi connectivity index (χ3v) is 3.99. The van der Waals surface area contributed by atoms with E-state index in [2.05, 4.69) is 6.92 Å². The molecular weight excluding hydrogens is 279 g/mol. The van der Waals surface area contributed by atoms with Crippen LogP contribution in [-0.4, -0.2) is 53.0 Å². The number of hydrogen-bond donors (Lipinski definition) is 1. The molecule has 1 N–H and O–H groups in total. The predicted octanol–water partition coefficient (Wildman–Crippen LogP) is 4.77. The fourth-order valence-electron chi connectivity index (χ4n) is 2.65. The zero-order valence-corrected chi connectivity index (χ0v) is 13.7. The Morgan fingerprint density at radius 2 is 0.909 bits per heavy atom. The molecule has 0 aliphatic carbocycles. The second-order valence-electron chi connectivity index (χ2n) is 6.09. The monoisotopic (exact) mass is 318 g/mol. The Balaban J connectivity index is -0.00000180. The van der Waals surface area contributed by atoms with E-state index >= 15 is 0 Å². The second kappa shape index (κ2) is 24.1. The molecule has 0 saturated heterocycles. The molecule has 0 bridgehead atoms. The van der Waals surface area contributed by atoms with E-state index in [-0.39, 0.29) is 41.9 Å². The Morgan fingerprint density at radius 3 is 1.18 bits per heavy atom. The summed E-state index contributed by atoms with van der Waals surface area (Å²) in [5.41, 5.74) is 0. The van der Waals surface area contributed by atoms with Crippen molar-refractivity contribution in [2.45, 2.75) is 110 Å². The minimum absolute atomic E-state index is 0. The van der Waals surface area contributed by atoms with Crippen molar-refractivity contribution in [3.63, 3.8) is 0 Å². The van der Waals surface area contributed by atoms with Gasteiger partial charge in [-0.25, -0.2) is 0 Å². The molecule has 0 unspecified atom stereocenters. The van der Waals surface area contributed by atoms with Gasteiger partial charge in [0.05, 0.1) is 0 Å². The summed E-state index contributed by atoms with van der Waals surface area (Å²) < 4.78 is 0. The normalized spacial score (nSPS) is 9.86. The quantitative estimate of drug-likeness (QED) is 0.329. The molecule has 0 aliphatic heterocycles. The van der Waals surface area contributed by atoms with Crippen molar-refractivity contribution in [1.29, 1.82) is 0 Å². The first kappa shape index (κ1) is 27.7. The fraction of sp³-hybridized carbons (Fsp3) is 0.944. The van der Waals surface area contributed by atoms with E-state index in [4.69, 9.17) is 5.11 Å². The van der Waals surface area contributed by atoms with Crippen LogP contribution in [0.25, 0.3) is 0 Å². The number of carboxylic acid groups (broad SMARTS) is 1. The van der Waals surface area contributed by atoms with Gasteiger partial charge in [0.1, 0.15) is 0 Å². The van der Waals surface area contributed by atoms with Crippen molar-refractivity contribution in [1.82, 2.24) is 0 Å². The van der Waals surface area contributed by atoms with Gasteiger partial charge in [-0.2, -0.15) is 0 Å². The summed E-state index contributed by atoms with van der Waals surface area (Å²) >= 11 is 0. The van der Waals surface area contributed by atoms with E-state index in [0.717, 1.165) is 12.8 Å². The van der Waals surface area contributed by atoms with E-state index in [1.807, 2.05) is 0 Å². The zero-order valence-electron chi connectivity index (χ0n) is 13.7. The molecule has 0 atom stereocenters. The molecule has 22 heavy (non-hydrogen) atoms. The van der Waals surface area contributed by atoms with Gasteiger partial charge in [0, 0.05) is 6.42 Å². The van der Waals surface area contributed by atoms with Gasteiger partial charge in [-0.1, -0.05) is 96.8 Å². The minimum atomic E-state index is -0.653. The molecule has 0 radical (unpaired) electrons. The van der Waals surface area contributed by atoms with Crippen LogP contribution in [-0.2, 0) is 4.79 Å². The topological polar surface area (TPSA) is 37.3 Å². The van der Waals surface area contributed by atoms with Gasteiger partial charge in [0.15, 0.2) is 0 Å². The molecule has 0 aromatic carbocycles. The van der Waals surface area contributed by atoms with Crippen LogP contribution >= 0.6 is 0 Å². The van der Waals surface area contributed by atoms with Crippen LogP contribution in [0.4, 0.5) is 0 Å². The van der Waals surface area contributed by atoms with Gasteiger partial charge in [0.25, 0.3) is 0 Å². The first-order valence-corrected chi connectivity index (χ1v) is 8.99. The van der Waals surface area contributed by atoms with Crippen molar-refractivity contribution < 1.29 is 9.90 Å². The summed E-state index contributed by atoms with van der Waals surface area (Å²) in [6.45, 7) is 2.27. The van der Waals surface area contributed by atoms with Crippen molar-refractivity contribution in [3.05, 3.63) is 0 Å². The molecule has 0 aromatic rings. The number of carbonyl (C=O) groups is 1. The summed E-state index contributed by atoms with van der Waals surface area (Å²) in [6.07, 6.45) is 20.2. The standard InChI is InChI=1S/C18H36O2.Li.Mg.3H/c1-2-3-4-5-6-7-8-9-10-11-12-13-14-15-16-17-18(19)20;;;;;/h2-17H2,1H3,(H,19,20);;;;;. The van der Waals surface area contributed by atoms with Crippen LogP contribution in [0.15, 0.2) is 0 Å². The summed E-state index contributed by atoms with van der Waals surface area (Å²) in [5, 5.41) is 8.52. The SMILES string of the molecule is CCCCCCCCCCCCCCCCCC(=O)O.[LiH].[MgH2]. The summed E-state index contributed by atoms with van der Waals surface area (Å²) in [4.78, 5) is 10.3. The van der Waals surface area contributed by atoms with Gasteiger partial charge in [-0.15, -0.1) is 0 Å². The molecule has 0 amide bonds. The Hall–Kier alpha value is 0.834. The van der Waals surface area contributed by atoms with E-state index < -0.39 is 5.97 Å². The minimum Gasteiger partial charge on any atom is 0.316 e.